The molecule has 0 bridgehead atoms. The van der Waals surface area contributed by atoms with Gasteiger partial charge in [0.25, 0.3) is 0 Å². The van der Waals surface area contributed by atoms with Crippen LogP contribution in [0.15, 0.2) is 0 Å². The zero-order chi connectivity index (χ0) is 57.1. The number of aliphatic hydroxyl groups is 13. The third-order valence-electron chi connectivity index (χ3n) is 21.7. The fourth-order valence-electron chi connectivity index (χ4n) is 17.0. The molecule has 0 radical (unpaired) electrons. The van der Waals surface area contributed by atoms with Gasteiger partial charge in [-0.2, -0.15) is 0 Å². The van der Waals surface area contributed by atoms with Crippen molar-refractivity contribution in [3.63, 3.8) is 0 Å². The van der Waals surface area contributed by atoms with Gasteiger partial charge in [-0.05, 0) is 111 Å². The van der Waals surface area contributed by atoms with Gasteiger partial charge in [0.15, 0.2) is 37.2 Å². The summed E-state index contributed by atoms with van der Waals surface area (Å²) >= 11 is 0. The van der Waals surface area contributed by atoms with E-state index in [-0.39, 0.29) is 22.9 Å². The summed E-state index contributed by atoms with van der Waals surface area (Å²) in [4.78, 5) is 0. The first-order chi connectivity index (χ1) is 38.0. The Balaban J connectivity index is 0.830. The Morgan fingerprint density at radius 1 is 0.475 bits per heavy atom. The van der Waals surface area contributed by atoms with Crippen LogP contribution in [0.1, 0.15) is 98.8 Å². The highest BCUT2D eigenvalue weighted by atomic mass is 16.8. The van der Waals surface area contributed by atoms with E-state index in [4.69, 9.17) is 56.8 Å². The average Bonchev–Trinajstić information content (AvgIpc) is 4.13. The Labute approximate surface area is 465 Å². The molecule has 460 valence electrons. The van der Waals surface area contributed by atoms with Crippen LogP contribution in [0.2, 0.25) is 0 Å². The van der Waals surface area contributed by atoms with Gasteiger partial charge < -0.3 is 123 Å². The lowest BCUT2D eigenvalue weighted by molar-refractivity contribution is -0.408. The first-order valence-electron chi connectivity index (χ1n) is 29.5. The van der Waals surface area contributed by atoms with E-state index in [9.17, 15) is 66.4 Å². The maximum absolute atomic E-state index is 12.6. The van der Waals surface area contributed by atoms with Gasteiger partial charge in [0.05, 0.1) is 51.3 Å². The fourth-order valence-corrected chi connectivity index (χ4v) is 17.0. The Kier molecular flexibility index (Phi) is 17.9. The van der Waals surface area contributed by atoms with Crippen LogP contribution < -0.4 is 0 Å². The minimum atomic E-state index is -1.93. The van der Waals surface area contributed by atoms with Crippen molar-refractivity contribution in [2.24, 2.45) is 52.3 Å². The van der Waals surface area contributed by atoms with Gasteiger partial charge in [-0.3, -0.25) is 0 Å². The first kappa shape index (κ1) is 60.7. The van der Waals surface area contributed by atoms with Crippen LogP contribution in [0.25, 0.3) is 0 Å². The van der Waals surface area contributed by atoms with Gasteiger partial charge in [0, 0.05) is 12.3 Å². The molecule has 0 aromatic heterocycles. The highest BCUT2D eigenvalue weighted by molar-refractivity contribution is 5.16. The highest BCUT2D eigenvalue weighted by Crippen LogP contribution is 2.71. The predicted molar refractivity (Wildman–Crippen MR) is 267 cm³/mol. The SMILES string of the molecule is CC1CC[C@@]2(OC1)O[C@H]1C[C@H]3[C@@H]4CCC5C[C@@H](O[C@@H]6O[C@H](CO)[C@H](O[C@@H]7O[C@H](CO)[C@@H](O)[C@H](O[C@@H]8OC[C@@H](O)[C@H](O)[C@H]8O)[C@H]7O[C@@H]7OC[C@@H](O)[C@H](O)[C@H]7O)[C@H](O)[C@H]6O[C@@H]6O[C@@H](C)[C@H](O)[C@@H](O)[C@H]6O)CC[C@]5(C)[C@H]4CC[C@]3(C)[C@H]1[C@@H]2C. The molecule has 11 aliphatic rings. The van der Waals surface area contributed by atoms with Gasteiger partial charge in [-0.25, -0.2) is 0 Å². The molecule has 13 N–H and O–H groups in total. The molecule has 0 aromatic rings. The van der Waals surface area contributed by atoms with E-state index in [1.807, 2.05) is 0 Å². The molecule has 25 heteroatoms. The third kappa shape index (κ3) is 10.6. The number of hydrogen-bond donors (Lipinski definition) is 13. The Morgan fingerprint density at radius 3 is 1.73 bits per heavy atom. The summed E-state index contributed by atoms with van der Waals surface area (Å²) in [6.45, 7) is 8.99. The molecule has 7 heterocycles. The quantitative estimate of drug-likeness (QED) is 0.0879. The molecule has 2 unspecified atom stereocenters. The Hall–Kier alpha value is -1.00. The second-order valence-corrected chi connectivity index (χ2v) is 26.2. The van der Waals surface area contributed by atoms with Crippen LogP contribution in [0.3, 0.4) is 0 Å². The number of rotatable bonds is 12. The number of fused-ring (bicyclic) bond motifs is 7. The standard InChI is InChI=1S/C55H90O25/c1-21-8-13-55(71-18-21)22(2)34-31(80-55)15-28-26-7-6-24-14-25(9-11-53(24,4)27(26)10-12-54(28,34)5)73-51-46(78-50-42(67)39(64)35(60)23(3)72-50)43(68)44(33(17-57)75-51)76-52-47(79-49-41(66)37(62)30(59)20-70-49)45(38(63)32(16-56)74-52)77-48-40(65)36(61)29(58)19-69-48/h21-52,56-68H,6-20H2,1-5H3/t21?,22-,23-,24?,25-,26+,27-,28-,29+,30+,31-,32+,33+,34-,35-,36-,37-,38+,39+,40+,41+,42+,43-,44-,45-,46+,47+,48-,49-,50-,51+,52-,53-,54-,55+/m0/s1. The molecule has 35 atom stereocenters. The molecule has 4 aliphatic carbocycles. The van der Waals surface area contributed by atoms with Crippen molar-refractivity contribution in [2.45, 2.75) is 258 Å². The van der Waals surface area contributed by atoms with Crippen molar-refractivity contribution < 1.29 is 123 Å². The van der Waals surface area contributed by atoms with Crippen LogP contribution in [-0.2, 0) is 56.8 Å². The molecule has 80 heavy (non-hydrogen) atoms. The van der Waals surface area contributed by atoms with Crippen LogP contribution >= 0.6 is 0 Å². The van der Waals surface area contributed by atoms with E-state index in [0.29, 0.717) is 48.3 Å². The number of hydrogen-bond acceptors (Lipinski definition) is 25. The minimum Gasteiger partial charge on any atom is -0.394 e. The summed E-state index contributed by atoms with van der Waals surface area (Å²) in [5.41, 5.74) is 0.170. The molecule has 25 nitrogen and oxygen atoms in total. The smallest absolute Gasteiger partial charge is 0.187 e. The molecular weight excluding hydrogens is 1060 g/mol. The highest BCUT2D eigenvalue weighted by Gasteiger charge is 2.69. The van der Waals surface area contributed by atoms with Gasteiger partial charge in [0.2, 0.25) is 0 Å². The summed E-state index contributed by atoms with van der Waals surface area (Å²) in [5.74, 6) is 2.69. The van der Waals surface area contributed by atoms with E-state index in [2.05, 4.69) is 27.7 Å². The zero-order valence-corrected chi connectivity index (χ0v) is 46.3. The summed E-state index contributed by atoms with van der Waals surface area (Å²) in [6, 6.07) is 0. The summed E-state index contributed by atoms with van der Waals surface area (Å²) in [5, 5.41) is 142. The van der Waals surface area contributed by atoms with Crippen LogP contribution in [-0.4, -0.2) is 259 Å². The molecule has 7 aliphatic heterocycles. The predicted octanol–water partition coefficient (Wildman–Crippen LogP) is -2.78. The molecule has 1 spiro atoms. The Bertz CT molecular complexity index is 2080. The van der Waals surface area contributed by atoms with Gasteiger partial charge in [-0.15, -0.1) is 0 Å². The topological polar surface area (TPSA) is 374 Å². The van der Waals surface area contributed by atoms with Crippen molar-refractivity contribution in [1.29, 1.82) is 0 Å². The molecule has 0 aromatic carbocycles. The maximum Gasteiger partial charge on any atom is 0.187 e. The molecular formula is C55H90O25. The third-order valence-corrected chi connectivity index (χ3v) is 21.7. The zero-order valence-electron chi connectivity index (χ0n) is 46.3. The lowest BCUT2D eigenvalue weighted by Crippen LogP contribution is -2.68. The molecule has 11 fully saturated rings. The second-order valence-electron chi connectivity index (χ2n) is 26.2. The molecule has 0 amide bonds. The van der Waals surface area contributed by atoms with E-state index < -0.39 is 180 Å². The fraction of sp³-hybridized carbons (Fsp3) is 1.00. The van der Waals surface area contributed by atoms with Crippen molar-refractivity contribution >= 4 is 0 Å². The molecule has 11 rings (SSSR count). The largest absolute Gasteiger partial charge is 0.394 e. The van der Waals surface area contributed by atoms with Crippen molar-refractivity contribution in [1.82, 2.24) is 0 Å². The van der Waals surface area contributed by atoms with Gasteiger partial charge in [0.1, 0.15) is 104 Å². The van der Waals surface area contributed by atoms with E-state index in [1.54, 1.807) is 0 Å². The lowest BCUT2D eigenvalue weighted by atomic mass is 9.44. The van der Waals surface area contributed by atoms with Crippen molar-refractivity contribution in [2.75, 3.05) is 33.0 Å². The monoisotopic (exact) mass is 1150 g/mol. The average molecular weight is 1150 g/mol. The van der Waals surface area contributed by atoms with Crippen LogP contribution in [0, 0.1) is 52.3 Å². The Morgan fingerprint density at radius 2 is 1.07 bits per heavy atom. The summed E-state index contributed by atoms with van der Waals surface area (Å²) in [6.07, 6.45) is -29.8. The van der Waals surface area contributed by atoms with Gasteiger partial charge >= 0.3 is 0 Å². The van der Waals surface area contributed by atoms with Crippen LogP contribution in [0.5, 0.6) is 0 Å². The minimum absolute atomic E-state index is 0.0136. The number of ether oxygens (including phenoxy) is 12. The van der Waals surface area contributed by atoms with Gasteiger partial charge in [-0.1, -0.05) is 27.7 Å². The summed E-state index contributed by atoms with van der Waals surface area (Å²) < 4.78 is 74.8. The molecule has 4 saturated carbocycles. The van der Waals surface area contributed by atoms with Crippen molar-refractivity contribution in [3.05, 3.63) is 0 Å². The van der Waals surface area contributed by atoms with E-state index in [0.717, 1.165) is 58.0 Å². The second kappa shape index (κ2) is 23.6. The lowest BCUT2D eigenvalue weighted by Gasteiger charge is -2.61. The van der Waals surface area contributed by atoms with Crippen molar-refractivity contribution in [3.8, 4) is 0 Å². The molecule has 7 saturated heterocycles. The number of aliphatic hydroxyl groups excluding tert-OH is 13. The van der Waals surface area contributed by atoms with E-state index >= 15 is 0 Å². The first-order valence-corrected chi connectivity index (χ1v) is 29.5. The van der Waals surface area contributed by atoms with E-state index in [1.165, 1.54) is 6.92 Å². The van der Waals surface area contributed by atoms with Crippen LogP contribution in [0.4, 0.5) is 0 Å². The maximum atomic E-state index is 12.6. The normalized spacial score (nSPS) is 58.1. The summed E-state index contributed by atoms with van der Waals surface area (Å²) in [7, 11) is 0.